The third kappa shape index (κ3) is 2.26. The molecule has 0 unspecified atom stereocenters. The summed E-state index contributed by atoms with van der Waals surface area (Å²) in [5.41, 5.74) is 0.900. The zero-order valence-corrected chi connectivity index (χ0v) is 12.1. The zero-order chi connectivity index (χ0) is 14.4. The Kier molecular flexibility index (Phi) is 3.41. The minimum absolute atomic E-state index is 0.0380. The van der Waals surface area contributed by atoms with Gasteiger partial charge in [0, 0.05) is 6.08 Å². The van der Waals surface area contributed by atoms with Crippen LogP contribution in [-0.4, -0.2) is 16.7 Å². The lowest BCUT2D eigenvalue weighted by Gasteiger charge is -2.47. The summed E-state index contributed by atoms with van der Waals surface area (Å²) in [6.45, 7) is 8.10. The number of fused-ring (bicyclic) bond motifs is 2. The summed E-state index contributed by atoms with van der Waals surface area (Å²) >= 11 is 0. The number of rotatable bonds is 2. The average molecular weight is 262 g/mol. The predicted octanol–water partition coefficient (Wildman–Crippen LogP) is 3.21. The molecule has 0 spiro atoms. The van der Waals surface area contributed by atoms with Crippen molar-refractivity contribution in [2.75, 3.05) is 0 Å². The predicted molar refractivity (Wildman–Crippen MR) is 73.6 cm³/mol. The molecule has 1 saturated carbocycles. The van der Waals surface area contributed by atoms with Crippen LogP contribution in [-0.2, 0) is 9.59 Å². The molecule has 104 valence electrons. The lowest BCUT2D eigenvalue weighted by Crippen LogP contribution is -2.52. The number of carbonyl (C=O) groups is 2. The van der Waals surface area contributed by atoms with E-state index in [1.807, 2.05) is 27.7 Å². The highest BCUT2D eigenvalue weighted by atomic mass is 16.3. The molecule has 0 aromatic rings. The third-order valence-corrected chi connectivity index (χ3v) is 4.69. The monoisotopic (exact) mass is 262 g/mol. The van der Waals surface area contributed by atoms with Crippen LogP contribution < -0.4 is 0 Å². The van der Waals surface area contributed by atoms with Gasteiger partial charge in [-0.3, -0.25) is 9.59 Å². The molecule has 0 radical (unpaired) electrons. The van der Waals surface area contributed by atoms with Crippen molar-refractivity contribution in [3.63, 3.8) is 0 Å². The van der Waals surface area contributed by atoms with Gasteiger partial charge >= 0.3 is 0 Å². The van der Waals surface area contributed by atoms with Gasteiger partial charge in [0.25, 0.3) is 0 Å². The molecule has 2 bridgehead atoms. The van der Waals surface area contributed by atoms with Crippen molar-refractivity contribution < 1.29 is 14.7 Å². The summed E-state index contributed by atoms with van der Waals surface area (Å²) in [7, 11) is 0. The highest BCUT2D eigenvalue weighted by molar-refractivity contribution is 6.13. The lowest BCUT2D eigenvalue weighted by atomic mass is 9.54. The van der Waals surface area contributed by atoms with Crippen molar-refractivity contribution in [2.45, 2.75) is 40.5 Å². The van der Waals surface area contributed by atoms with Crippen LogP contribution in [0, 0.1) is 23.2 Å². The Balaban J connectivity index is 2.37. The number of allylic oxidation sites excluding steroid dienone is 4. The van der Waals surface area contributed by atoms with Crippen LogP contribution in [0.1, 0.15) is 40.5 Å². The molecule has 0 heterocycles. The minimum atomic E-state index is -0.585. The smallest absolute Gasteiger partial charge is 0.170 e. The lowest BCUT2D eigenvalue weighted by molar-refractivity contribution is -0.146. The molecule has 2 rings (SSSR count). The topological polar surface area (TPSA) is 54.4 Å². The van der Waals surface area contributed by atoms with Crippen molar-refractivity contribution in [1.82, 2.24) is 0 Å². The van der Waals surface area contributed by atoms with Crippen LogP contribution >= 0.6 is 0 Å². The molecule has 3 atom stereocenters. The Morgan fingerprint density at radius 1 is 1.42 bits per heavy atom. The van der Waals surface area contributed by atoms with Crippen molar-refractivity contribution in [3.8, 4) is 0 Å². The third-order valence-electron chi connectivity index (χ3n) is 4.69. The van der Waals surface area contributed by atoms with Gasteiger partial charge in [-0.05, 0) is 38.0 Å². The van der Waals surface area contributed by atoms with Crippen LogP contribution in [0.4, 0.5) is 0 Å². The maximum atomic E-state index is 12.3. The Bertz CT molecular complexity index is 478. The first-order chi connectivity index (χ1) is 8.75. The van der Waals surface area contributed by atoms with E-state index in [9.17, 15) is 14.7 Å². The summed E-state index contributed by atoms with van der Waals surface area (Å²) in [6, 6.07) is 0. The van der Waals surface area contributed by atoms with E-state index in [4.69, 9.17) is 0 Å². The summed E-state index contributed by atoms with van der Waals surface area (Å²) in [5, 5.41) is 9.83. The van der Waals surface area contributed by atoms with Gasteiger partial charge in [0.1, 0.15) is 5.76 Å². The second kappa shape index (κ2) is 4.62. The van der Waals surface area contributed by atoms with E-state index in [1.54, 1.807) is 0 Å². The maximum absolute atomic E-state index is 12.3. The maximum Gasteiger partial charge on any atom is 0.170 e. The van der Waals surface area contributed by atoms with Gasteiger partial charge in [0.2, 0.25) is 0 Å². The van der Waals surface area contributed by atoms with Crippen LogP contribution in [0.2, 0.25) is 0 Å². The fraction of sp³-hybridized carbons (Fsp3) is 0.625. The standard InChI is InChI=1S/C16H22O3/c1-9(2)5-6-10-7-11-12(17)8-13(18)14(15(11)19)16(10,3)4/h5,8,10-11,14,17H,6-7H2,1-4H3/t10-,11+,14-/m0/s1. The molecule has 0 aromatic heterocycles. The Labute approximate surface area is 114 Å². The zero-order valence-electron chi connectivity index (χ0n) is 12.1. The molecule has 3 heteroatoms. The first kappa shape index (κ1) is 14.0. The SMILES string of the molecule is CC(C)=CC[C@H]1C[C@H]2C(=O)[C@H](C(=O)C=C2O)C1(C)C. The minimum Gasteiger partial charge on any atom is -0.511 e. The second-order valence-corrected chi connectivity index (χ2v) is 6.63. The average Bonchev–Trinajstić information content (AvgIpc) is 2.24. The van der Waals surface area contributed by atoms with Crippen molar-refractivity contribution in [1.29, 1.82) is 0 Å². The molecule has 2 aliphatic carbocycles. The van der Waals surface area contributed by atoms with Gasteiger partial charge in [-0.25, -0.2) is 0 Å². The largest absolute Gasteiger partial charge is 0.511 e. The van der Waals surface area contributed by atoms with E-state index in [2.05, 4.69) is 6.08 Å². The normalized spacial score (nSPS) is 32.8. The fourth-order valence-electron chi connectivity index (χ4n) is 3.39. The van der Waals surface area contributed by atoms with Crippen LogP contribution in [0.25, 0.3) is 0 Å². The summed E-state index contributed by atoms with van der Waals surface area (Å²) < 4.78 is 0. The van der Waals surface area contributed by atoms with Crippen molar-refractivity contribution in [3.05, 3.63) is 23.5 Å². The van der Waals surface area contributed by atoms with Gasteiger partial charge in [-0.2, -0.15) is 0 Å². The molecular weight excluding hydrogens is 240 g/mol. The molecular formula is C16H22O3. The highest BCUT2D eigenvalue weighted by Crippen LogP contribution is 2.50. The molecule has 0 aromatic carbocycles. The number of hydrogen-bond acceptors (Lipinski definition) is 3. The van der Waals surface area contributed by atoms with Gasteiger partial charge in [-0.15, -0.1) is 0 Å². The Hall–Kier alpha value is -1.38. The summed E-state index contributed by atoms with van der Waals surface area (Å²) in [4.78, 5) is 24.3. The molecule has 3 nitrogen and oxygen atoms in total. The van der Waals surface area contributed by atoms with Crippen molar-refractivity contribution >= 4 is 11.6 Å². The molecule has 1 N–H and O–H groups in total. The van der Waals surface area contributed by atoms with Crippen molar-refractivity contribution in [2.24, 2.45) is 23.2 Å². The number of hydrogen-bond donors (Lipinski definition) is 1. The second-order valence-electron chi connectivity index (χ2n) is 6.63. The highest BCUT2D eigenvalue weighted by Gasteiger charge is 2.54. The van der Waals surface area contributed by atoms with E-state index in [0.717, 1.165) is 6.42 Å². The fourth-order valence-corrected chi connectivity index (χ4v) is 3.39. The van der Waals surface area contributed by atoms with E-state index in [-0.39, 0.29) is 28.7 Å². The van der Waals surface area contributed by atoms with Gasteiger partial charge in [-0.1, -0.05) is 25.5 Å². The van der Waals surface area contributed by atoms with E-state index < -0.39 is 11.8 Å². The van der Waals surface area contributed by atoms with Crippen LogP contribution in [0.15, 0.2) is 23.5 Å². The number of aliphatic hydroxyl groups excluding tert-OH is 1. The summed E-state index contributed by atoms with van der Waals surface area (Å²) in [6.07, 6.45) is 4.91. The van der Waals surface area contributed by atoms with E-state index in [1.165, 1.54) is 11.6 Å². The first-order valence-electron chi connectivity index (χ1n) is 6.86. The quantitative estimate of drug-likeness (QED) is 0.614. The van der Waals surface area contributed by atoms with E-state index >= 15 is 0 Å². The number of ketones is 2. The van der Waals surface area contributed by atoms with E-state index in [0.29, 0.717) is 6.42 Å². The number of aliphatic hydroxyl groups is 1. The molecule has 0 amide bonds. The van der Waals surface area contributed by atoms with Crippen LogP contribution in [0.5, 0.6) is 0 Å². The Morgan fingerprint density at radius 2 is 2.05 bits per heavy atom. The summed E-state index contributed by atoms with van der Waals surface area (Å²) in [5.74, 6) is -1.17. The molecule has 0 aliphatic heterocycles. The van der Waals surface area contributed by atoms with Gasteiger partial charge in [0.05, 0.1) is 11.8 Å². The van der Waals surface area contributed by atoms with Gasteiger partial charge < -0.3 is 5.11 Å². The van der Waals surface area contributed by atoms with Crippen LogP contribution in [0.3, 0.4) is 0 Å². The molecule has 0 saturated heterocycles. The van der Waals surface area contributed by atoms with Gasteiger partial charge in [0.15, 0.2) is 11.6 Å². The number of carbonyl (C=O) groups excluding carboxylic acids is 2. The molecule has 1 fully saturated rings. The molecule has 19 heavy (non-hydrogen) atoms. The first-order valence-corrected chi connectivity index (χ1v) is 6.86. The Morgan fingerprint density at radius 3 is 2.63 bits per heavy atom. The molecule has 2 aliphatic rings. The number of Topliss-reactive ketones (excluding diaryl/α,β-unsaturated/α-hetero) is 1.